The summed E-state index contributed by atoms with van der Waals surface area (Å²) in [6.45, 7) is 1.44. The Morgan fingerprint density at radius 1 is 1.25 bits per heavy atom. The molecule has 0 radical (unpaired) electrons. The fourth-order valence-corrected chi connectivity index (χ4v) is 1.47. The van der Waals surface area contributed by atoms with E-state index < -0.39 is 18.0 Å². The fraction of sp³-hybridized carbons (Fsp3) is 0.250. The number of benzene rings is 1. The molecule has 1 aromatic carbocycles. The average Bonchev–Trinajstić information content (AvgIpc) is 3.00. The van der Waals surface area contributed by atoms with Gasteiger partial charge in [0.25, 0.3) is 0 Å². The van der Waals surface area contributed by atoms with E-state index in [1.54, 1.807) is 24.3 Å². The van der Waals surface area contributed by atoms with E-state index in [4.69, 9.17) is 4.74 Å². The summed E-state index contributed by atoms with van der Waals surface area (Å²) in [5.74, 6) is -1.21. The van der Waals surface area contributed by atoms with Crippen LogP contribution >= 0.6 is 0 Å². The molecular formula is C12H12N4O4. The van der Waals surface area contributed by atoms with E-state index in [1.807, 2.05) is 0 Å². The van der Waals surface area contributed by atoms with Crippen molar-refractivity contribution in [1.29, 1.82) is 0 Å². The van der Waals surface area contributed by atoms with Gasteiger partial charge in [0.2, 0.25) is 0 Å². The van der Waals surface area contributed by atoms with E-state index in [-0.39, 0.29) is 0 Å². The molecule has 0 aliphatic heterocycles. The Balaban J connectivity index is 2.06. The molecule has 0 spiro atoms. The fourth-order valence-electron chi connectivity index (χ4n) is 1.47. The molecule has 20 heavy (non-hydrogen) atoms. The summed E-state index contributed by atoms with van der Waals surface area (Å²) >= 11 is 0. The van der Waals surface area contributed by atoms with Crippen molar-refractivity contribution in [3.05, 3.63) is 36.2 Å². The van der Waals surface area contributed by atoms with E-state index in [9.17, 15) is 9.59 Å². The summed E-state index contributed by atoms with van der Waals surface area (Å²) in [6.07, 6.45) is 0.485. The van der Waals surface area contributed by atoms with Crippen molar-refractivity contribution < 1.29 is 19.1 Å². The number of carbonyl (C=O) groups is 2. The van der Waals surface area contributed by atoms with Crippen LogP contribution < -0.4 is 0 Å². The third-order valence-corrected chi connectivity index (χ3v) is 2.53. The standard InChI is InChI=1S/C12H12N4O4/c1-8(11(17)19-2)20-12(18)9-3-5-10(6-4-9)16-7-13-14-15-16/h3-8H,1-2H3/t8-/m1/s1. The number of nitrogens with zero attached hydrogens (tertiary/aromatic N) is 4. The Labute approximate surface area is 114 Å². The average molecular weight is 276 g/mol. The summed E-state index contributed by atoms with van der Waals surface area (Å²) < 4.78 is 10.9. The summed E-state index contributed by atoms with van der Waals surface area (Å²) in [5.41, 5.74) is 1.02. The molecule has 0 aliphatic rings. The predicted octanol–water partition coefficient (Wildman–Crippen LogP) is 0.381. The van der Waals surface area contributed by atoms with Gasteiger partial charge in [0.05, 0.1) is 18.4 Å². The minimum atomic E-state index is -0.952. The van der Waals surface area contributed by atoms with Crippen molar-refractivity contribution in [3.8, 4) is 5.69 Å². The van der Waals surface area contributed by atoms with Crippen molar-refractivity contribution in [3.63, 3.8) is 0 Å². The minimum Gasteiger partial charge on any atom is -0.466 e. The molecule has 1 aromatic heterocycles. The smallest absolute Gasteiger partial charge is 0.346 e. The first-order chi connectivity index (χ1) is 9.61. The second kappa shape index (κ2) is 5.91. The van der Waals surface area contributed by atoms with Gasteiger partial charge in [0.15, 0.2) is 6.10 Å². The van der Waals surface area contributed by atoms with Gasteiger partial charge < -0.3 is 9.47 Å². The number of aromatic nitrogens is 4. The number of hydrogen-bond donors (Lipinski definition) is 0. The molecule has 0 N–H and O–H groups in total. The van der Waals surface area contributed by atoms with Crippen LogP contribution in [0.15, 0.2) is 30.6 Å². The summed E-state index contributed by atoms with van der Waals surface area (Å²) in [4.78, 5) is 23.0. The number of methoxy groups -OCH3 is 1. The second-order valence-electron chi connectivity index (χ2n) is 3.87. The maximum absolute atomic E-state index is 11.8. The van der Waals surface area contributed by atoms with Crippen LogP contribution in [0.3, 0.4) is 0 Å². The Morgan fingerprint density at radius 2 is 1.95 bits per heavy atom. The lowest BCUT2D eigenvalue weighted by atomic mass is 10.2. The summed E-state index contributed by atoms with van der Waals surface area (Å²) in [7, 11) is 1.23. The van der Waals surface area contributed by atoms with Crippen LogP contribution in [0.5, 0.6) is 0 Å². The summed E-state index contributed by atoms with van der Waals surface area (Å²) in [6, 6.07) is 6.44. The zero-order valence-corrected chi connectivity index (χ0v) is 10.9. The lowest BCUT2D eigenvalue weighted by molar-refractivity contribution is -0.149. The molecule has 8 heteroatoms. The zero-order chi connectivity index (χ0) is 14.5. The van der Waals surface area contributed by atoms with Crippen LogP contribution in [-0.2, 0) is 14.3 Å². The maximum Gasteiger partial charge on any atom is 0.346 e. The monoisotopic (exact) mass is 276 g/mol. The van der Waals surface area contributed by atoms with Crippen molar-refractivity contribution in [2.24, 2.45) is 0 Å². The van der Waals surface area contributed by atoms with Gasteiger partial charge in [-0.3, -0.25) is 0 Å². The molecule has 1 atom stereocenters. The third kappa shape index (κ3) is 2.97. The number of ether oxygens (including phenoxy) is 2. The quantitative estimate of drug-likeness (QED) is 0.745. The first-order valence-corrected chi connectivity index (χ1v) is 5.74. The van der Waals surface area contributed by atoms with E-state index in [2.05, 4.69) is 20.3 Å². The largest absolute Gasteiger partial charge is 0.466 e. The highest BCUT2D eigenvalue weighted by molar-refractivity contribution is 5.91. The van der Waals surface area contributed by atoms with Gasteiger partial charge in [-0.15, -0.1) is 5.10 Å². The van der Waals surface area contributed by atoms with Crippen LogP contribution in [0.4, 0.5) is 0 Å². The van der Waals surface area contributed by atoms with E-state index >= 15 is 0 Å². The molecule has 0 saturated heterocycles. The van der Waals surface area contributed by atoms with E-state index in [0.29, 0.717) is 11.3 Å². The third-order valence-electron chi connectivity index (χ3n) is 2.53. The number of carbonyl (C=O) groups excluding carboxylic acids is 2. The Hall–Kier alpha value is -2.77. The van der Waals surface area contributed by atoms with Gasteiger partial charge in [-0.25, -0.2) is 14.3 Å². The lowest BCUT2D eigenvalue weighted by Gasteiger charge is -2.10. The number of esters is 2. The van der Waals surface area contributed by atoms with Crippen LogP contribution in [-0.4, -0.2) is 45.4 Å². The van der Waals surface area contributed by atoms with Crippen molar-refractivity contribution in [1.82, 2.24) is 20.2 Å². The highest BCUT2D eigenvalue weighted by Gasteiger charge is 2.19. The van der Waals surface area contributed by atoms with Crippen molar-refractivity contribution >= 4 is 11.9 Å². The van der Waals surface area contributed by atoms with Gasteiger partial charge in [0.1, 0.15) is 6.33 Å². The number of tetrazole rings is 1. The molecule has 0 aliphatic carbocycles. The molecule has 0 bridgehead atoms. The van der Waals surface area contributed by atoms with E-state index in [0.717, 1.165) is 0 Å². The van der Waals surface area contributed by atoms with Crippen LogP contribution in [0.2, 0.25) is 0 Å². The molecule has 1 heterocycles. The zero-order valence-electron chi connectivity index (χ0n) is 10.9. The van der Waals surface area contributed by atoms with E-state index in [1.165, 1.54) is 25.0 Å². The summed E-state index contributed by atoms with van der Waals surface area (Å²) in [5, 5.41) is 10.7. The predicted molar refractivity (Wildman–Crippen MR) is 66.0 cm³/mol. The second-order valence-corrected chi connectivity index (χ2v) is 3.87. The first-order valence-electron chi connectivity index (χ1n) is 5.74. The Morgan fingerprint density at radius 3 is 2.50 bits per heavy atom. The van der Waals surface area contributed by atoms with Crippen LogP contribution in [0, 0.1) is 0 Å². The number of rotatable bonds is 4. The maximum atomic E-state index is 11.8. The number of hydrogen-bond acceptors (Lipinski definition) is 7. The molecule has 8 nitrogen and oxygen atoms in total. The Bertz CT molecular complexity index is 594. The first kappa shape index (κ1) is 13.7. The highest BCUT2D eigenvalue weighted by Crippen LogP contribution is 2.10. The molecule has 0 amide bonds. The lowest BCUT2D eigenvalue weighted by Crippen LogP contribution is -2.25. The van der Waals surface area contributed by atoms with Crippen LogP contribution in [0.25, 0.3) is 5.69 Å². The molecule has 0 unspecified atom stereocenters. The molecular weight excluding hydrogens is 264 g/mol. The van der Waals surface area contributed by atoms with Crippen LogP contribution in [0.1, 0.15) is 17.3 Å². The van der Waals surface area contributed by atoms with Gasteiger partial charge in [-0.2, -0.15) is 0 Å². The molecule has 2 aromatic rings. The topological polar surface area (TPSA) is 96.2 Å². The highest BCUT2D eigenvalue weighted by atomic mass is 16.6. The van der Waals surface area contributed by atoms with Gasteiger partial charge in [-0.05, 0) is 41.6 Å². The van der Waals surface area contributed by atoms with Crippen molar-refractivity contribution in [2.75, 3.05) is 7.11 Å². The van der Waals surface area contributed by atoms with Crippen molar-refractivity contribution in [2.45, 2.75) is 13.0 Å². The normalized spacial score (nSPS) is 11.7. The molecule has 104 valence electrons. The molecule has 0 fully saturated rings. The molecule has 0 saturated carbocycles. The SMILES string of the molecule is COC(=O)[C@@H](C)OC(=O)c1ccc(-n2cnnn2)cc1. The van der Waals surface area contributed by atoms with Gasteiger partial charge in [0, 0.05) is 0 Å². The van der Waals surface area contributed by atoms with Gasteiger partial charge >= 0.3 is 11.9 Å². The van der Waals surface area contributed by atoms with Gasteiger partial charge in [-0.1, -0.05) is 0 Å². The minimum absolute atomic E-state index is 0.317. The molecule has 2 rings (SSSR count). The Kier molecular flexibility index (Phi) is 4.04.